The van der Waals surface area contributed by atoms with Crippen molar-refractivity contribution in [3.63, 3.8) is 0 Å². The molecule has 1 aromatic carbocycles. The van der Waals surface area contributed by atoms with Crippen molar-refractivity contribution in [3.05, 3.63) is 46.9 Å². The summed E-state index contributed by atoms with van der Waals surface area (Å²) < 4.78 is 24.6. The summed E-state index contributed by atoms with van der Waals surface area (Å²) in [5.41, 5.74) is 1.80. The van der Waals surface area contributed by atoms with Gasteiger partial charge in [-0.3, -0.25) is 4.79 Å². The van der Waals surface area contributed by atoms with E-state index in [9.17, 15) is 13.2 Å². The zero-order valence-electron chi connectivity index (χ0n) is 11.5. The predicted molar refractivity (Wildman–Crippen MR) is 79.9 cm³/mol. The SMILES string of the molecule is Cn1ccc(-c2nc3ccc(S(C)(=O)=O)cc3[nH]2)cc1=O. The Hall–Kier alpha value is -2.41. The van der Waals surface area contributed by atoms with E-state index in [-0.39, 0.29) is 10.5 Å². The van der Waals surface area contributed by atoms with Crippen molar-refractivity contribution in [1.82, 2.24) is 14.5 Å². The number of pyridine rings is 1. The first-order valence-corrected chi connectivity index (χ1v) is 8.10. The van der Waals surface area contributed by atoms with E-state index in [0.29, 0.717) is 22.4 Å². The van der Waals surface area contributed by atoms with E-state index in [1.165, 1.54) is 16.7 Å². The molecule has 2 heterocycles. The summed E-state index contributed by atoms with van der Waals surface area (Å²) >= 11 is 0. The fourth-order valence-electron chi connectivity index (χ4n) is 2.05. The van der Waals surface area contributed by atoms with Crippen molar-refractivity contribution < 1.29 is 8.42 Å². The van der Waals surface area contributed by atoms with Crippen molar-refractivity contribution in [2.75, 3.05) is 6.26 Å². The third kappa shape index (κ3) is 2.47. The van der Waals surface area contributed by atoms with Gasteiger partial charge in [0.25, 0.3) is 5.56 Å². The lowest BCUT2D eigenvalue weighted by atomic mass is 10.2. The van der Waals surface area contributed by atoms with Crippen LogP contribution < -0.4 is 5.56 Å². The number of nitrogens with zero attached hydrogens (tertiary/aromatic N) is 2. The summed E-state index contributed by atoms with van der Waals surface area (Å²) in [5, 5.41) is 0. The Morgan fingerprint density at radius 2 is 1.95 bits per heavy atom. The molecule has 0 amide bonds. The first-order valence-electron chi connectivity index (χ1n) is 6.21. The molecular weight excluding hydrogens is 290 g/mol. The maximum atomic E-state index is 11.7. The van der Waals surface area contributed by atoms with Gasteiger partial charge in [-0.25, -0.2) is 13.4 Å². The summed E-state index contributed by atoms with van der Waals surface area (Å²) in [7, 11) is -1.59. The van der Waals surface area contributed by atoms with E-state index < -0.39 is 9.84 Å². The van der Waals surface area contributed by atoms with Gasteiger partial charge in [-0.15, -0.1) is 0 Å². The number of benzene rings is 1. The molecule has 0 fully saturated rings. The molecule has 0 saturated heterocycles. The van der Waals surface area contributed by atoms with Crippen LogP contribution in [-0.4, -0.2) is 29.2 Å². The van der Waals surface area contributed by atoms with E-state index in [0.717, 1.165) is 6.26 Å². The molecule has 1 N–H and O–H groups in total. The highest BCUT2D eigenvalue weighted by Gasteiger charge is 2.11. The summed E-state index contributed by atoms with van der Waals surface area (Å²) in [4.78, 5) is 19.3. The number of hydrogen-bond acceptors (Lipinski definition) is 4. The fourth-order valence-corrected chi connectivity index (χ4v) is 2.70. The largest absolute Gasteiger partial charge is 0.338 e. The lowest BCUT2D eigenvalue weighted by Gasteiger charge is -1.98. The highest BCUT2D eigenvalue weighted by atomic mass is 32.2. The van der Waals surface area contributed by atoms with Crippen LogP contribution in [0.25, 0.3) is 22.4 Å². The van der Waals surface area contributed by atoms with Crippen LogP contribution in [0.4, 0.5) is 0 Å². The van der Waals surface area contributed by atoms with E-state index in [1.54, 1.807) is 31.4 Å². The minimum Gasteiger partial charge on any atom is -0.338 e. The Morgan fingerprint density at radius 3 is 2.62 bits per heavy atom. The van der Waals surface area contributed by atoms with Gasteiger partial charge in [-0.2, -0.15) is 0 Å². The number of imidazole rings is 1. The van der Waals surface area contributed by atoms with Crippen molar-refractivity contribution in [2.45, 2.75) is 4.90 Å². The second kappa shape index (κ2) is 4.56. The molecule has 0 saturated carbocycles. The van der Waals surface area contributed by atoms with Crippen LogP contribution in [0.3, 0.4) is 0 Å². The number of aromatic amines is 1. The average Bonchev–Trinajstić information content (AvgIpc) is 2.83. The smallest absolute Gasteiger partial charge is 0.250 e. The fraction of sp³-hybridized carbons (Fsp3) is 0.143. The second-order valence-corrected chi connectivity index (χ2v) is 6.92. The van der Waals surface area contributed by atoms with Gasteiger partial charge in [-0.05, 0) is 24.3 Å². The molecule has 3 rings (SSSR count). The Labute approximate surface area is 121 Å². The maximum absolute atomic E-state index is 11.7. The third-order valence-electron chi connectivity index (χ3n) is 3.26. The van der Waals surface area contributed by atoms with Crippen molar-refractivity contribution >= 4 is 20.9 Å². The Kier molecular flexibility index (Phi) is 2.94. The van der Waals surface area contributed by atoms with E-state index in [4.69, 9.17) is 0 Å². The van der Waals surface area contributed by atoms with Gasteiger partial charge in [0, 0.05) is 31.1 Å². The molecule has 6 nitrogen and oxygen atoms in total. The summed E-state index contributed by atoms with van der Waals surface area (Å²) in [6, 6.07) is 7.97. The molecule has 7 heteroatoms. The van der Waals surface area contributed by atoms with Gasteiger partial charge >= 0.3 is 0 Å². The topological polar surface area (TPSA) is 84.8 Å². The Balaban J connectivity index is 2.17. The standard InChI is InChI=1S/C14H13N3O3S/c1-17-6-5-9(7-13(17)18)14-15-11-4-3-10(21(2,19)20)8-12(11)16-14/h3-8H,1-2H3,(H,15,16). The zero-order valence-corrected chi connectivity index (χ0v) is 12.3. The first-order chi connectivity index (χ1) is 9.84. The maximum Gasteiger partial charge on any atom is 0.250 e. The molecule has 0 aliphatic rings. The molecule has 0 spiro atoms. The zero-order chi connectivity index (χ0) is 15.2. The van der Waals surface area contributed by atoms with E-state index in [1.807, 2.05) is 0 Å². The van der Waals surface area contributed by atoms with Crippen LogP contribution in [0, 0.1) is 0 Å². The van der Waals surface area contributed by atoms with Gasteiger partial charge < -0.3 is 9.55 Å². The molecule has 3 aromatic rings. The molecule has 0 atom stereocenters. The minimum absolute atomic E-state index is 0.134. The van der Waals surface area contributed by atoms with Crippen molar-refractivity contribution in [2.24, 2.45) is 7.05 Å². The van der Waals surface area contributed by atoms with Gasteiger partial charge in [0.2, 0.25) is 0 Å². The minimum atomic E-state index is -3.26. The van der Waals surface area contributed by atoms with Gasteiger partial charge in [0.05, 0.1) is 15.9 Å². The van der Waals surface area contributed by atoms with Crippen LogP contribution in [-0.2, 0) is 16.9 Å². The van der Waals surface area contributed by atoms with Crippen LogP contribution in [0.2, 0.25) is 0 Å². The number of H-pyrrole nitrogens is 1. The monoisotopic (exact) mass is 303 g/mol. The van der Waals surface area contributed by atoms with E-state index in [2.05, 4.69) is 9.97 Å². The van der Waals surface area contributed by atoms with Crippen LogP contribution in [0.1, 0.15) is 0 Å². The second-order valence-electron chi connectivity index (χ2n) is 4.90. The summed E-state index contributed by atoms with van der Waals surface area (Å²) in [6.07, 6.45) is 2.82. The van der Waals surface area contributed by atoms with Crippen LogP contribution >= 0.6 is 0 Å². The predicted octanol–water partition coefficient (Wildman–Crippen LogP) is 1.33. The highest BCUT2D eigenvalue weighted by Crippen LogP contribution is 2.21. The lowest BCUT2D eigenvalue weighted by molar-refractivity contribution is 0.602. The van der Waals surface area contributed by atoms with Crippen molar-refractivity contribution in [1.29, 1.82) is 0 Å². The van der Waals surface area contributed by atoms with Crippen LogP contribution in [0.15, 0.2) is 46.2 Å². The number of aryl methyl sites for hydroxylation is 1. The number of fused-ring (bicyclic) bond motifs is 1. The van der Waals surface area contributed by atoms with E-state index >= 15 is 0 Å². The number of hydrogen-bond donors (Lipinski definition) is 1. The third-order valence-corrected chi connectivity index (χ3v) is 4.37. The quantitative estimate of drug-likeness (QED) is 0.774. The molecule has 0 aliphatic heterocycles. The number of sulfone groups is 1. The molecule has 21 heavy (non-hydrogen) atoms. The molecule has 0 unspecified atom stereocenters. The summed E-state index contributed by atoms with van der Waals surface area (Å²) in [5.74, 6) is 0.536. The summed E-state index contributed by atoms with van der Waals surface area (Å²) in [6.45, 7) is 0. The molecule has 2 aromatic heterocycles. The number of rotatable bonds is 2. The lowest BCUT2D eigenvalue weighted by Crippen LogP contribution is -2.14. The van der Waals surface area contributed by atoms with Crippen molar-refractivity contribution in [3.8, 4) is 11.4 Å². The first kappa shape index (κ1) is 13.6. The number of aromatic nitrogens is 3. The average molecular weight is 303 g/mol. The van der Waals surface area contributed by atoms with Gasteiger partial charge in [-0.1, -0.05) is 0 Å². The van der Waals surface area contributed by atoms with Gasteiger partial charge in [0.15, 0.2) is 9.84 Å². The molecule has 0 radical (unpaired) electrons. The number of nitrogens with one attached hydrogen (secondary N) is 1. The Bertz CT molecular complexity index is 1000. The molecule has 0 aliphatic carbocycles. The molecular formula is C14H13N3O3S. The van der Waals surface area contributed by atoms with Gasteiger partial charge in [0.1, 0.15) is 5.82 Å². The highest BCUT2D eigenvalue weighted by molar-refractivity contribution is 7.90. The van der Waals surface area contributed by atoms with Crippen LogP contribution in [0.5, 0.6) is 0 Å². The Morgan fingerprint density at radius 1 is 1.19 bits per heavy atom. The molecule has 0 bridgehead atoms. The molecule has 108 valence electrons. The normalized spacial score (nSPS) is 11.9.